The number of hydrogen-bond donors (Lipinski definition) is 1. The van der Waals surface area contributed by atoms with Gasteiger partial charge in [0.2, 0.25) is 5.95 Å². The van der Waals surface area contributed by atoms with Crippen molar-refractivity contribution < 1.29 is 0 Å². The van der Waals surface area contributed by atoms with Crippen molar-refractivity contribution in [2.24, 2.45) is 0 Å². The zero-order valence-corrected chi connectivity index (χ0v) is 8.82. The van der Waals surface area contributed by atoms with Gasteiger partial charge >= 0.3 is 0 Å². The van der Waals surface area contributed by atoms with Crippen molar-refractivity contribution >= 4 is 46.5 Å². The first-order chi connectivity index (χ1) is 5.66. The fourth-order valence-electron chi connectivity index (χ4n) is 0.948. The molecule has 1 aliphatic heterocycles. The van der Waals surface area contributed by atoms with Crippen molar-refractivity contribution in [1.82, 2.24) is 19.2 Å². The van der Waals surface area contributed by atoms with E-state index in [2.05, 4.69) is 32.7 Å². The van der Waals surface area contributed by atoms with Crippen molar-refractivity contribution in [3.05, 3.63) is 9.53 Å². The van der Waals surface area contributed by atoms with E-state index in [1.807, 2.05) is 0 Å². The molecule has 1 aliphatic rings. The van der Waals surface area contributed by atoms with Crippen LogP contribution >= 0.6 is 34.4 Å². The summed E-state index contributed by atoms with van der Waals surface area (Å²) in [6.07, 6.45) is 1.77. The van der Waals surface area contributed by atoms with Gasteiger partial charge in [0.05, 0.1) is 12.7 Å². The average Bonchev–Trinajstić information content (AvgIpc) is 2.30. The Morgan fingerprint density at radius 2 is 2.42 bits per heavy atom. The Morgan fingerprint density at radius 1 is 1.67 bits per heavy atom. The highest BCUT2D eigenvalue weighted by Gasteiger charge is 2.17. The summed E-state index contributed by atoms with van der Waals surface area (Å²) in [5, 5.41) is 3.95. The molecule has 0 fully saturated rings. The van der Waals surface area contributed by atoms with Crippen LogP contribution in [0.1, 0.15) is 5.82 Å². The van der Waals surface area contributed by atoms with Gasteiger partial charge in [-0.3, -0.25) is 4.42 Å². The highest BCUT2D eigenvalue weighted by molar-refractivity contribution is 14.1. The molecule has 0 aromatic carbocycles. The lowest BCUT2D eigenvalue weighted by Gasteiger charge is -2.18. The monoisotopic (exact) mass is 297 g/mol. The number of nitrogen functional groups attached to an aromatic ring is 1. The number of nitrogens with two attached hydrogens (primary N) is 1. The van der Waals surface area contributed by atoms with E-state index in [1.165, 1.54) is 0 Å². The van der Waals surface area contributed by atoms with E-state index in [1.54, 1.807) is 15.3 Å². The highest BCUT2D eigenvalue weighted by atomic mass is 127. The Hall–Kier alpha value is -0.500. The molecule has 7 heteroatoms. The molecule has 0 spiro atoms. The van der Waals surface area contributed by atoms with E-state index in [9.17, 15) is 0 Å². The first kappa shape index (κ1) is 8.11. The van der Waals surface area contributed by atoms with Gasteiger partial charge < -0.3 is 5.73 Å². The molecule has 1 aromatic heterocycles. The van der Waals surface area contributed by atoms with Gasteiger partial charge in [0, 0.05) is 11.8 Å². The van der Waals surface area contributed by atoms with Crippen molar-refractivity contribution in [1.29, 1.82) is 0 Å². The summed E-state index contributed by atoms with van der Waals surface area (Å²) < 4.78 is 4.09. The van der Waals surface area contributed by atoms with Crippen LogP contribution in [0.4, 0.5) is 5.95 Å². The summed E-state index contributed by atoms with van der Waals surface area (Å²) in [4.78, 5) is 3.99. The fraction of sp³-hybridized carbons (Fsp3) is 0.200. The predicted octanol–water partition coefficient (Wildman–Crippen LogP) is 1.02. The first-order valence-electron chi connectivity index (χ1n) is 3.18. The zero-order chi connectivity index (χ0) is 8.72. The standard InChI is InChI=1S/C5H5ClIN5/c6-11-2-4-9-5(8)10-12(4)1-3(11)7/h1H,2H2,(H2,8,10). The van der Waals surface area contributed by atoms with Crippen molar-refractivity contribution in [2.45, 2.75) is 6.54 Å². The maximum atomic E-state index is 5.84. The molecule has 0 atom stereocenters. The van der Waals surface area contributed by atoms with Crippen molar-refractivity contribution in [2.75, 3.05) is 5.73 Å². The SMILES string of the molecule is Nc1nc2n(n1)C=C(I)N(Cl)C2. The van der Waals surface area contributed by atoms with Crippen LogP contribution in [0.2, 0.25) is 0 Å². The van der Waals surface area contributed by atoms with Crippen LogP contribution in [0.3, 0.4) is 0 Å². The minimum atomic E-state index is 0.275. The van der Waals surface area contributed by atoms with Gasteiger partial charge in [0.15, 0.2) is 5.82 Å². The molecule has 1 aromatic rings. The minimum Gasteiger partial charge on any atom is -0.366 e. The lowest BCUT2D eigenvalue weighted by Crippen LogP contribution is -2.17. The summed E-state index contributed by atoms with van der Waals surface area (Å²) in [5.41, 5.74) is 5.41. The summed E-state index contributed by atoms with van der Waals surface area (Å²) in [6, 6.07) is 0. The third-order valence-electron chi connectivity index (χ3n) is 1.46. The normalized spacial score (nSPS) is 15.8. The molecule has 0 unspecified atom stereocenters. The van der Waals surface area contributed by atoms with Crippen LogP contribution in [0.25, 0.3) is 6.20 Å². The van der Waals surface area contributed by atoms with Crippen LogP contribution in [0.15, 0.2) is 3.70 Å². The summed E-state index contributed by atoms with van der Waals surface area (Å²) >= 11 is 7.95. The number of rotatable bonds is 0. The molecule has 12 heavy (non-hydrogen) atoms. The summed E-state index contributed by atoms with van der Waals surface area (Å²) in [5.74, 6) is 1.03. The van der Waals surface area contributed by atoms with E-state index in [-0.39, 0.29) is 5.95 Å². The molecule has 0 amide bonds. The summed E-state index contributed by atoms with van der Waals surface area (Å²) in [6.45, 7) is 0.528. The number of anilines is 1. The molecule has 0 saturated carbocycles. The second kappa shape index (κ2) is 2.77. The Bertz CT molecular complexity index is 346. The van der Waals surface area contributed by atoms with Gasteiger partial charge in [-0.2, -0.15) is 4.98 Å². The fourth-order valence-corrected chi connectivity index (χ4v) is 1.53. The van der Waals surface area contributed by atoms with E-state index in [0.717, 1.165) is 9.53 Å². The second-order valence-corrected chi connectivity index (χ2v) is 3.82. The largest absolute Gasteiger partial charge is 0.366 e. The average molecular weight is 297 g/mol. The Labute approximate surface area is 87.4 Å². The Kier molecular flexibility index (Phi) is 1.87. The highest BCUT2D eigenvalue weighted by Crippen LogP contribution is 2.24. The van der Waals surface area contributed by atoms with E-state index in [0.29, 0.717) is 6.54 Å². The molecular weight excluding hydrogens is 292 g/mol. The van der Waals surface area contributed by atoms with Crippen molar-refractivity contribution in [3.8, 4) is 0 Å². The molecule has 0 aliphatic carbocycles. The van der Waals surface area contributed by atoms with Gasteiger partial charge in [0.1, 0.15) is 3.70 Å². The smallest absolute Gasteiger partial charge is 0.240 e. The van der Waals surface area contributed by atoms with Gasteiger partial charge in [-0.15, -0.1) is 5.10 Å². The predicted molar refractivity (Wildman–Crippen MR) is 54.1 cm³/mol. The number of halogens is 2. The van der Waals surface area contributed by atoms with Crippen LogP contribution in [0, 0.1) is 0 Å². The maximum absolute atomic E-state index is 5.84. The van der Waals surface area contributed by atoms with Gasteiger partial charge in [0.25, 0.3) is 0 Å². The topological polar surface area (TPSA) is 60.0 Å². The number of aromatic nitrogens is 3. The van der Waals surface area contributed by atoms with Gasteiger partial charge in [-0.25, -0.2) is 4.68 Å². The molecule has 0 bridgehead atoms. The molecule has 2 rings (SSSR count). The molecule has 2 heterocycles. The molecule has 64 valence electrons. The summed E-state index contributed by atoms with van der Waals surface area (Å²) in [7, 11) is 0. The number of fused-ring (bicyclic) bond motifs is 1. The quantitative estimate of drug-likeness (QED) is 0.441. The maximum Gasteiger partial charge on any atom is 0.240 e. The lowest BCUT2D eigenvalue weighted by atomic mass is 10.5. The number of nitrogens with zero attached hydrogens (tertiary/aromatic N) is 4. The van der Waals surface area contributed by atoms with Gasteiger partial charge in [-0.1, -0.05) is 0 Å². The van der Waals surface area contributed by atoms with Crippen LogP contribution in [0.5, 0.6) is 0 Å². The molecule has 0 saturated heterocycles. The zero-order valence-electron chi connectivity index (χ0n) is 5.91. The van der Waals surface area contributed by atoms with Crippen molar-refractivity contribution in [3.63, 3.8) is 0 Å². The molecule has 0 radical (unpaired) electrons. The van der Waals surface area contributed by atoms with Crippen LogP contribution < -0.4 is 5.73 Å². The molecular formula is C5H5ClIN5. The lowest BCUT2D eigenvalue weighted by molar-refractivity contribution is 0.539. The number of hydrogen-bond acceptors (Lipinski definition) is 4. The van der Waals surface area contributed by atoms with Crippen LogP contribution in [-0.2, 0) is 6.54 Å². The second-order valence-electron chi connectivity index (χ2n) is 2.30. The first-order valence-corrected chi connectivity index (χ1v) is 4.60. The Balaban J connectivity index is 2.48. The third-order valence-corrected chi connectivity index (χ3v) is 2.91. The molecule has 5 nitrogen and oxygen atoms in total. The van der Waals surface area contributed by atoms with Crippen LogP contribution in [-0.4, -0.2) is 19.2 Å². The third kappa shape index (κ3) is 1.24. The van der Waals surface area contributed by atoms with Gasteiger partial charge in [-0.05, 0) is 22.6 Å². The van der Waals surface area contributed by atoms with E-state index in [4.69, 9.17) is 17.5 Å². The minimum absolute atomic E-state index is 0.275. The molecule has 2 N–H and O–H groups in total. The Morgan fingerprint density at radius 3 is 3.17 bits per heavy atom. The van der Waals surface area contributed by atoms with E-state index >= 15 is 0 Å². The van der Waals surface area contributed by atoms with E-state index < -0.39 is 0 Å².